The SMILES string of the molecule is CC(CC(C)(N)C(N)=O)Oc1ccc(Br)cc1[N+](=O)[O-]. The number of halogens is 1. The molecular formula is C12H16BrN3O4. The zero-order valence-electron chi connectivity index (χ0n) is 11.1. The van der Waals surface area contributed by atoms with Crippen molar-refractivity contribution >= 4 is 27.5 Å². The summed E-state index contributed by atoms with van der Waals surface area (Å²) in [5.74, 6) is -0.538. The Hall–Kier alpha value is -1.67. The topological polar surface area (TPSA) is 121 Å². The minimum Gasteiger partial charge on any atom is -0.484 e. The van der Waals surface area contributed by atoms with Crippen LogP contribution in [0.25, 0.3) is 0 Å². The first-order valence-electron chi connectivity index (χ1n) is 5.83. The summed E-state index contributed by atoms with van der Waals surface area (Å²) < 4.78 is 6.07. The largest absolute Gasteiger partial charge is 0.484 e. The Labute approximate surface area is 124 Å². The average Bonchev–Trinajstić information content (AvgIpc) is 2.30. The highest BCUT2D eigenvalue weighted by Crippen LogP contribution is 2.31. The van der Waals surface area contributed by atoms with Crippen LogP contribution in [0, 0.1) is 10.1 Å². The molecule has 20 heavy (non-hydrogen) atoms. The summed E-state index contributed by atoms with van der Waals surface area (Å²) in [5, 5.41) is 11.0. The van der Waals surface area contributed by atoms with Gasteiger partial charge in [-0.05, 0) is 26.0 Å². The van der Waals surface area contributed by atoms with E-state index in [0.717, 1.165) is 0 Å². The molecular weight excluding hydrogens is 330 g/mol. The molecule has 7 nitrogen and oxygen atoms in total. The summed E-state index contributed by atoms with van der Waals surface area (Å²) >= 11 is 3.16. The number of nitrogens with zero attached hydrogens (tertiary/aromatic N) is 1. The molecule has 0 aromatic heterocycles. The maximum atomic E-state index is 11.2. The quantitative estimate of drug-likeness (QED) is 0.600. The molecule has 0 aliphatic rings. The van der Waals surface area contributed by atoms with Gasteiger partial charge >= 0.3 is 5.69 Å². The van der Waals surface area contributed by atoms with Crippen LogP contribution in [-0.2, 0) is 4.79 Å². The lowest BCUT2D eigenvalue weighted by Crippen LogP contribution is -2.51. The molecule has 0 bridgehead atoms. The van der Waals surface area contributed by atoms with E-state index in [9.17, 15) is 14.9 Å². The van der Waals surface area contributed by atoms with Crippen molar-refractivity contribution in [2.24, 2.45) is 11.5 Å². The van der Waals surface area contributed by atoms with Crippen LogP contribution in [0.1, 0.15) is 20.3 Å². The summed E-state index contributed by atoms with van der Waals surface area (Å²) in [6.07, 6.45) is -0.354. The summed E-state index contributed by atoms with van der Waals surface area (Å²) in [5.41, 5.74) is 9.52. The predicted molar refractivity (Wildman–Crippen MR) is 77.3 cm³/mol. The molecule has 1 rings (SSSR count). The van der Waals surface area contributed by atoms with Crippen LogP contribution in [0.5, 0.6) is 5.75 Å². The number of benzene rings is 1. The Balaban J connectivity index is 2.88. The van der Waals surface area contributed by atoms with Crippen LogP contribution in [-0.4, -0.2) is 22.5 Å². The first-order valence-corrected chi connectivity index (χ1v) is 6.62. The van der Waals surface area contributed by atoms with Crippen molar-refractivity contribution < 1.29 is 14.5 Å². The summed E-state index contributed by atoms with van der Waals surface area (Å²) in [6.45, 7) is 3.16. The first kappa shape index (κ1) is 16.4. The van der Waals surface area contributed by atoms with E-state index in [-0.39, 0.29) is 17.9 Å². The van der Waals surface area contributed by atoms with Gasteiger partial charge in [0.05, 0.1) is 16.6 Å². The van der Waals surface area contributed by atoms with E-state index in [4.69, 9.17) is 16.2 Å². The number of ether oxygens (including phenoxy) is 1. The summed E-state index contributed by atoms with van der Waals surface area (Å²) in [7, 11) is 0. The molecule has 0 spiro atoms. The lowest BCUT2D eigenvalue weighted by atomic mass is 9.95. The van der Waals surface area contributed by atoms with Crippen LogP contribution < -0.4 is 16.2 Å². The van der Waals surface area contributed by atoms with E-state index in [1.54, 1.807) is 13.0 Å². The minimum absolute atomic E-state index is 0.117. The van der Waals surface area contributed by atoms with Gasteiger partial charge in [-0.25, -0.2) is 0 Å². The number of carbonyl (C=O) groups excluding carboxylic acids is 1. The molecule has 0 fully saturated rings. The van der Waals surface area contributed by atoms with Crippen molar-refractivity contribution in [2.75, 3.05) is 0 Å². The molecule has 0 aliphatic carbocycles. The van der Waals surface area contributed by atoms with Crippen molar-refractivity contribution in [3.8, 4) is 5.75 Å². The number of nitrogens with two attached hydrogens (primary N) is 2. The normalized spacial score (nSPS) is 15.2. The van der Waals surface area contributed by atoms with Crippen molar-refractivity contribution in [1.29, 1.82) is 0 Å². The zero-order chi connectivity index (χ0) is 15.5. The Morgan fingerprint density at radius 3 is 2.70 bits per heavy atom. The number of hydrogen-bond donors (Lipinski definition) is 2. The molecule has 2 unspecified atom stereocenters. The molecule has 0 radical (unpaired) electrons. The number of nitro benzene ring substituents is 1. The standard InChI is InChI=1S/C12H16BrN3O4/c1-7(6-12(2,15)11(14)17)20-10-4-3-8(13)5-9(10)16(18)19/h3-5,7H,6,15H2,1-2H3,(H2,14,17). The summed E-state index contributed by atoms with van der Waals surface area (Å²) in [4.78, 5) is 21.6. The fraction of sp³-hybridized carbons (Fsp3) is 0.417. The van der Waals surface area contributed by atoms with Gasteiger partial charge in [-0.15, -0.1) is 0 Å². The second-order valence-electron chi connectivity index (χ2n) is 4.78. The molecule has 0 saturated carbocycles. The Kier molecular flexibility index (Phi) is 5.07. The van der Waals surface area contributed by atoms with Gasteiger partial charge in [-0.2, -0.15) is 0 Å². The van der Waals surface area contributed by atoms with E-state index in [0.29, 0.717) is 4.47 Å². The third-order valence-electron chi connectivity index (χ3n) is 2.72. The number of hydrogen-bond acceptors (Lipinski definition) is 5. The van der Waals surface area contributed by atoms with Gasteiger partial charge in [0, 0.05) is 17.0 Å². The lowest BCUT2D eigenvalue weighted by molar-refractivity contribution is -0.386. The van der Waals surface area contributed by atoms with Crippen LogP contribution >= 0.6 is 15.9 Å². The third-order valence-corrected chi connectivity index (χ3v) is 3.21. The first-order chi connectivity index (χ1) is 9.13. The maximum absolute atomic E-state index is 11.2. The molecule has 0 aliphatic heterocycles. The Morgan fingerprint density at radius 1 is 1.60 bits per heavy atom. The number of amides is 1. The smallest absolute Gasteiger partial charge is 0.312 e. The van der Waals surface area contributed by atoms with Crippen LogP contribution in [0.4, 0.5) is 5.69 Å². The fourth-order valence-corrected chi connectivity index (χ4v) is 2.04. The highest BCUT2D eigenvalue weighted by Gasteiger charge is 2.29. The fourth-order valence-electron chi connectivity index (χ4n) is 1.69. The van der Waals surface area contributed by atoms with Crippen LogP contribution in [0.15, 0.2) is 22.7 Å². The van der Waals surface area contributed by atoms with Crippen molar-refractivity contribution in [3.05, 3.63) is 32.8 Å². The molecule has 2 atom stereocenters. The van der Waals surface area contributed by atoms with Gasteiger partial charge in [0.1, 0.15) is 0 Å². The highest BCUT2D eigenvalue weighted by atomic mass is 79.9. The van der Waals surface area contributed by atoms with E-state index in [1.807, 2.05) is 0 Å². The van der Waals surface area contributed by atoms with E-state index < -0.39 is 22.5 Å². The second-order valence-corrected chi connectivity index (χ2v) is 5.70. The van der Waals surface area contributed by atoms with Gasteiger partial charge < -0.3 is 16.2 Å². The number of carbonyl (C=O) groups is 1. The van der Waals surface area contributed by atoms with Crippen molar-refractivity contribution in [2.45, 2.75) is 31.9 Å². The Morgan fingerprint density at radius 2 is 2.20 bits per heavy atom. The lowest BCUT2D eigenvalue weighted by Gasteiger charge is -2.25. The molecule has 4 N–H and O–H groups in total. The maximum Gasteiger partial charge on any atom is 0.312 e. The van der Waals surface area contributed by atoms with Gasteiger partial charge in [0.2, 0.25) is 5.91 Å². The number of primary amides is 1. The summed E-state index contributed by atoms with van der Waals surface area (Å²) in [6, 6.07) is 4.46. The van der Waals surface area contributed by atoms with Gasteiger partial charge in [0.25, 0.3) is 0 Å². The molecule has 1 aromatic rings. The molecule has 1 aromatic carbocycles. The number of rotatable bonds is 6. The van der Waals surface area contributed by atoms with E-state index in [2.05, 4.69) is 15.9 Å². The zero-order valence-corrected chi connectivity index (χ0v) is 12.7. The van der Waals surface area contributed by atoms with Crippen molar-refractivity contribution in [1.82, 2.24) is 0 Å². The highest BCUT2D eigenvalue weighted by molar-refractivity contribution is 9.10. The van der Waals surface area contributed by atoms with Crippen molar-refractivity contribution in [3.63, 3.8) is 0 Å². The van der Waals surface area contributed by atoms with Gasteiger partial charge in [-0.1, -0.05) is 15.9 Å². The third kappa shape index (κ3) is 4.17. The number of nitro groups is 1. The molecule has 1 amide bonds. The monoisotopic (exact) mass is 345 g/mol. The second kappa shape index (κ2) is 6.19. The average molecular weight is 346 g/mol. The molecule has 0 saturated heterocycles. The van der Waals surface area contributed by atoms with Crippen LogP contribution in [0.2, 0.25) is 0 Å². The van der Waals surface area contributed by atoms with Crippen LogP contribution in [0.3, 0.4) is 0 Å². The predicted octanol–water partition coefficient (Wildman–Crippen LogP) is 1.72. The molecule has 0 heterocycles. The van der Waals surface area contributed by atoms with E-state index >= 15 is 0 Å². The Bertz CT molecular complexity index is 533. The van der Waals surface area contributed by atoms with E-state index in [1.165, 1.54) is 19.1 Å². The molecule has 8 heteroatoms. The molecule has 110 valence electrons. The van der Waals surface area contributed by atoms with Gasteiger partial charge in [-0.3, -0.25) is 14.9 Å². The van der Waals surface area contributed by atoms with Gasteiger partial charge in [0.15, 0.2) is 5.75 Å². The minimum atomic E-state index is -1.23.